The Morgan fingerprint density at radius 3 is 2.53 bits per heavy atom. The van der Waals surface area contributed by atoms with E-state index in [0.717, 1.165) is 11.0 Å². The van der Waals surface area contributed by atoms with Crippen molar-refractivity contribution in [1.82, 2.24) is 4.68 Å². The number of rotatable bonds is 0. The van der Waals surface area contributed by atoms with E-state index in [2.05, 4.69) is 31.2 Å². The van der Waals surface area contributed by atoms with Crippen molar-refractivity contribution in [2.45, 2.75) is 6.92 Å². The number of fused-ring (bicyclic) bond motifs is 3. The fraction of sp³-hybridized carbons (Fsp3) is 0.0769. The molecule has 0 saturated carbocycles. The molecule has 1 heterocycles. The highest BCUT2D eigenvalue weighted by atomic mass is 15.3. The Bertz CT molecular complexity index is 650. The molecule has 74 valence electrons. The molecule has 3 rings (SSSR count). The molecule has 0 unspecified atom stereocenters. The van der Waals surface area contributed by atoms with Gasteiger partial charge in [0.25, 0.3) is 0 Å². The van der Waals surface area contributed by atoms with Crippen molar-refractivity contribution in [3.8, 4) is 0 Å². The lowest BCUT2D eigenvalue weighted by Crippen LogP contribution is -2.06. The van der Waals surface area contributed by atoms with Gasteiger partial charge in [0, 0.05) is 10.8 Å². The van der Waals surface area contributed by atoms with E-state index in [1.54, 1.807) is 4.68 Å². The van der Waals surface area contributed by atoms with Crippen LogP contribution in [0.3, 0.4) is 0 Å². The van der Waals surface area contributed by atoms with Gasteiger partial charge in [-0.2, -0.15) is 0 Å². The molecule has 0 aliphatic rings. The molecule has 1 aromatic heterocycles. The van der Waals surface area contributed by atoms with Crippen LogP contribution in [-0.4, -0.2) is 4.68 Å². The smallest absolute Gasteiger partial charge is 0.0703 e. The molecule has 0 amide bonds. The van der Waals surface area contributed by atoms with Crippen LogP contribution in [0.5, 0.6) is 0 Å². The third-order valence-corrected chi connectivity index (χ3v) is 2.87. The van der Waals surface area contributed by atoms with E-state index in [1.807, 2.05) is 18.2 Å². The van der Waals surface area contributed by atoms with Crippen molar-refractivity contribution >= 4 is 21.8 Å². The number of nitrogens with zero attached hydrogens (tertiary/aromatic N) is 1. The zero-order valence-electron chi connectivity index (χ0n) is 8.57. The molecule has 15 heavy (non-hydrogen) atoms. The van der Waals surface area contributed by atoms with Crippen LogP contribution in [0.1, 0.15) is 5.56 Å². The fourth-order valence-corrected chi connectivity index (χ4v) is 2.12. The summed E-state index contributed by atoms with van der Waals surface area (Å²) in [6.07, 6.45) is 0. The van der Waals surface area contributed by atoms with Crippen molar-refractivity contribution in [2.75, 3.05) is 5.84 Å². The van der Waals surface area contributed by atoms with Gasteiger partial charge in [0.05, 0.1) is 11.0 Å². The quantitative estimate of drug-likeness (QED) is 0.551. The van der Waals surface area contributed by atoms with E-state index in [0.29, 0.717) is 0 Å². The Balaban J connectivity index is 2.64. The molecule has 0 saturated heterocycles. The first kappa shape index (κ1) is 8.36. The highest BCUT2D eigenvalue weighted by Crippen LogP contribution is 2.27. The highest BCUT2D eigenvalue weighted by Gasteiger charge is 2.07. The van der Waals surface area contributed by atoms with Crippen molar-refractivity contribution in [2.24, 2.45) is 0 Å². The monoisotopic (exact) mass is 196 g/mol. The summed E-state index contributed by atoms with van der Waals surface area (Å²) in [6, 6.07) is 14.6. The molecule has 0 fully saturated rings. The third-order valence-electron chi connectivity index (χ3n) is 2.87. The van der Waals surface area contributed by atoms with Gasteiger partial charge in [0.15, 0.2) is 0 Å². The summed E-state index contributed by atoms with van der Waals surface area (Å²) in [5.41, 5.74) is 3.43. The van der Waals surface area contributed by atoms with Crippen LogP contribution in [0.25, 0.3) is 21.8 Å². The Hall–Kier alpha value is -1.96. The number of hydrogen-bond acceptors (Lipinski definition) is 1. The van der Waals surface area contributed by atoms with Crippen LogP contribution in [0.15, 0.2) is 42.5 Å². The molecule has 0 bridgehead atoms. The summed E-state index contributed by atoms with van der Waals surface area (Å²) >= 11 is 0. The van der Waals surface area contributed by atoms with Crippen LogP contribution < -0.4 is 5.84 Å². The number of hydrogen-bond donors (Lipinski definition) is 1. The second kappa shape index (κ2) is 2.76. The van der Waals surface area contributed by atoms with Gasteiger partial charge in [-0.15, -0.1) is 0 Å². The molecule has 2 heteroatoms. The van der Waals surface area contributed by atoms with Gasteiger partial charge in [-0.05, 0) is 25.1 Å². The standard InChI is InChI=1S/C13H12N2/c1-9-6-7-13-11(8-9)10-4-2-3-5-12(10)15(13)14/h2-8H,14H2,1H3. The van der Waals surface area contributed by atoms with Crippen molar-refractivity contribution < 1.29 is 0 Å². The van der Waals surface area contributed by atoms with Gasteiger partial charge in [0.2, 0.25) is 0 Å². The first-order chi connectivity index (χ1) is 7.27. The summed E-state index contributed by atoms with van der Waals surface area (Å²) in [7, 11) is 0. The number of aryl methyl sites for hydroxylation is 1. The number of benzene rings is 2. The van der Waals surface area contributed by atoms with Gasteiger partial charge < -0.3 is 5.84 Å². The number of nitrogen functional groups attached to an aromatic ring is 1. The molecule has 2 nitrogen and oxygen atoms in total. The number of aromatic nitrogens is 1. The second-order valence-electron chi connectivity index (χ2n) is 3.91. The Morgan fingerprint density at radius 2 is 1.67 bits per heavy atom. The van der Waals surface area contributed by atoms with Crippen LogP contribution >= 0.6 is 0 Å². The predicted octanol–water partition coefficient (Wildman–Crippen LogP) is 2.82. The van der Waals surface area contributed by atoms with E-state index in [4.69, 9.17) is 5.84 Å². The second-order valence-corrected chi connectivity index (χ2v) is 3.91. The number of para-hydroxylation sites is 1. The molecule has 0 atom stereocenters. The molecule has 0 aliphatic carbocycles. The first-order valence-corrected chi connectivity index (χ1v) is 5.02. The zero-order valence-corrected chi connectivity index (χ0v) is 8.57. The lowest BCUT2D eigenvalue weighted by Gasteiger charge is -1.97. The average Bonchev–Trinajstić information content (AvgIpc) is 2.54. The van der Waals surface area contributed by atoms with Crippen molar-refractivity contribution in [3.63, 3.8) is 0 Å². The molecule has 2 aromatic carbocycles. The Labute approximate surface area is 87.9 Å². The maximum Gasteiger partial charge on any atom is 0.0703 e. The minimum absolute atomic E-state index is 1.08. The van der Waals surface area contributed by atoms with E-state index < -0.39 is 0 Å². The minimum atomic E-state index is 1.08. The highest BCUT2D eigenvalue weighted by molar-refractivity contribution is 6.08. The normalized spacial score (nSPS) is 11.3. The summed E-state index contributed by atoms with van der Waals surface area (Å²) in [6.45, 7) is 2.10. The third kappa shape index (κ3) is 1.05. The van der Waals surface area contributed by atoms with E-state index in [9.17, 15) is 0 Å². The van der Waals surface area contributed by atoms with Gasteiger partial charge >= 0.3 is 0 Å². The maximum atomic E-state index is 6.04. The van der Waals surface area contributed by atoms with Gasteiger partial charge in [0.1, 0.15) is 0 Å². The van der Waals surface area contributed by atoms with Gasteiger partial charge in [-0.1, -0.05) is 29.8 Å². The lowest BCUT2D eigenvalue weighted by atomic mass is 10.1. The molecule has 0 aliphatic heterocycles. The molecule has 0 spiro atoms. The van der Waals surface area contributed by atoms with Crippen molar-refractivity contribution in [1.29, 1.82) is 0 Å². The van der Waals surface area contributed by atoms with Crippen molar-refractivity contribution in [3.05, 3.63) is 48.0 Å². The van der Waals surface area contributed by atoms with Crippen LogP contribution in [0, 0.1) is 6.92 Å². The molecular weight excluding hydrogens is 184 g/mol. The first-order valence-electron chi connectivity index (χ1n) is 5.02. The molecular formula is C13H12N2. The van der Waals surface area contributed by atoms with Crippen LogP contribution in [0.2, 0.25) is 0 Å². The summed E-state index contributed by atoms with van der Waals surface area (Å²) < 4.78 is 1.75. The van der Waals surface area contributed by atoms with Gasteiger partial charge in [-0.3, -0.25) is 4.68 Å². The summed E-state index contributed by atoms with van der Waals surface area (Å²) in [5.74, 6) is 6.04. The maximum absolute atomic E-state index is 6.04. The summed E-state index contributed by atoms with van der Waals surface area (Å²) in [5, 5.41) is 2.45. The minimum Gasteiger partial charge on any atom is -0.339 e. The predicted molar refractivity (Wildman–Crippen MR) is 64.3 cm³/mol. The topological polar surface area (TPSA) is 30.9 Å². The fourth-order valence-electron chi connectivity index (χ4n) is 2.12. The zero-order chi connectivity index (χ0) is 10.4. The molecule has 3 aromatic rings. The Kier molecular flexibility index (Phi) is 1.54. The van der Waals surface area contributed by atoms with Crippen LogP contribution in [-0.2, 0) is 0 Å². The van der Waals surface area contributed by atoms with E-state index >= 15 is 0 Å². The summed E-state index contributed by atoms with van der Waals surface area (Å²) in [4.78, 5) is 0. The largest absolute Gasteiger partial charge is 0.339 e. The average molecular weight is 196 g/mol. The van der Waals surface area contributed by atoms with Crippen LogP contribution in [0.4, 0.5) is 0 Å². The number of nitrogens with two attached hydrogens (primary N) is 1. The Morgan fingerprint density at radius 1 is 0.933 bits per heavy atom. The lowest BCUT2D eigenvalue weighted by molar-refractivity contribution is 1.12. The SMILES string of the molecule is Cc1ccc2c(c1)c1ccccc1n2N. The van der Waals surface area contributed by atoms with Gasteiger partial charge in [-0.25, -0.2) is 0 Å². The van der Waals surface area contributed by atoms with E-state index in [1.165, 1.54) is 16.3 Å². The van der Waals surface area contributed by atoms with E-state index in [-0.39, 0.29) is 0 Å². The molecule has 2 N–H and O–H groups in total. The molecule has 0 radical (unpaired) electrons.